The van der Waals surface area contributed by atoms with Gasteiger partial charge in [-0.2, -0.15) is 0 Å². The van der Waals surface area contributed by atoms with E-state index in [0.717, 1.165) is 29.6 Å². The van der Waals surface area contributed by atoms with E-state index in [0.29, 0.717) is 0 Å². The lowest BCUT2D eigenvalue weighted by molar-refractivity contribution is 0.609. The fourth-order valence-electron chi connectivity index (χ4n) is 1.32. The van der Waals surface area contributed by atoms with Gasteiger partial charge in [-0.3, -0.25) is 0 Å². The summed E-state index contributed by atoms with van der Waals surface area (Å²) < 4.78 is 0. The highest BCUT2D eigenvalue weighted by Crippen LogP contribution is 2.22. The SMILES string of the molecule is Cc1cc(Cl)cc(N2CCC2)n1. The first kappa shape index (κ1) is 7.87. The lowest BCUT2D eigenvalue weighted by atomic mass is 10.2. The van der Waals surface area contributed by atoms with Gasteiger partial charge >= 0.3 is 0 Å². The van der Waals surface area contributed by atoms with Gasteiger partial charge in [-0.1, -0.05) is 11.6 Å². The molecule has 0 radical (unpaired) electrons. The molecule has 3 heteroatoms. The summed E-state index contributed by atoms with van der Waals surface area (Å²) in [5.41, 5.74) is 0.990. The van der Waals surface area contributed by atoms with Crippen molar-refractivity contribution in [3.8, 4) is 0 Å². The van der Waals surface area contributed by atoms with Gasteiger partial charge in [-0.05, 0) is 25.5 Å². The summed E-state index contributed by atoms with van der Waals surface area (Å²) in [6.07, 6.45) is 1.27. The molecular formula is C9H11ClN2. The average molecular weight is 183 g/mol. The Morgan fingerprint density at radius 3 is 2.67 bits per heavy atom. The van der Waals surface area contributed by atoms with Gasteiger partial charge in [0.05, 0.1) is 0 Å². The Kier molecular flexibility index (Phi) is 1.93. The Balaban J connectivity index is 2.30. The van der Waals surface area contributed by atoms with Crippen molar-refractivity contribution in [3.05, 3.63) is 22.8 Å². The molecule has 2 rings (SSSR count). The molecule has 12 heavy (non-hydrogen) atoms. The Morgan fingerprint density at radius 1 is 1.42 bits per heavy atom. The number of rotatable bonds is 1. The number of hydrogen-bond acceptors (Lipinski definition) is 2. The van der Waals surface area contributed by atoms with Crippen LogP contribution in [0.4, 0.5) is 5.82 Å². The molecule has 1 aromatic heterocycles. The maximum atomic E-state index is 5.91. The van der Waals surface area contributed by atoms with Crippen molar-refractivity contribution in [3.63, 3.8) is 0 Å². The molecule has 0 aliphatic carbocycles. The molecule has 0 bridgehead atoms. The standard InChI is InChI=1S/C9H11ClN2/c1-7-5-8(10)6-9(11-7)12-3-2-4-12/h5-6H,2-4H2,1H3. The number of aromatic nitrogens is 1. The molecular weight excluding hydrogens is 172 g/mol. The van der Waals surface area contributed by atoms with Crippen molar-refractivity contribution in [1.82, 2.24) is 4.98 Å². The molecule has 2 heterocycles. The van der Waals surface area contributed by atoms with Crippen molar-refractivity contribution in [2.45, 2.75) is 13.3 Å². The van der Waals surface area contributed by atoms with Crippen molar-refractivity contribution in [2.75, 3.05) is 18.0 Å². The summed E-state index contributed by atoms with van der Waals surface area (Å²) in [6.45, 7) is 4.20. The van der Waals surface area contributed by atoms with Crippen molar-refractivity contribution in [2.24, 2.45) is 0 Å². The molecule has 1 aromatic rings. The quantitative estimate of drug-likeness (QED) is 0.663. The lowest BCUT2D eigenvalue weighted by Gasteiger charge is -2.32. The third-order valence-electron chi connectivity index (χ3n) is 2.08. The molecule has 64 valence electrons. The highest BCUT2D eigenvalue weighted by atomic mass is 35.5. The van der Waals surface area contributed by atoms with Crippen LogP contribution in [0.5, 0.6) is 0 Å². The predicted molar refractivity (Wildman–Crippen MR) is 50.8 cm³/mol. The number of halogens is 1. The van der Waals surface area contributed by atoms with E-state index in [2.05, 4.69) is 9.88 Å². The fourth-order valence-corrected chi connectivity index (χ4v) is 1.57. The van der Waals surface area contributed by atoms with E-state index in [-0.39, 0.29) is 0 Å². The van der Waals surface area contributed by atoms with Crippen LogP contribution in [-0.4, -0.2) is 18.1 Å². The third kappa shape index (κ3) is 1.39. The summed E-state index contributed by atoms with van der Waals surface area (Å²) in [7, 11) is 0. The van der Waals surface area contributed by atoms with E-state index in [9.17, 15) is 0 Å². The second kappa shape index (κ2) is 2.94. The van der Waals surface area contributed by atoms with Crippen molar-refractivity contribution < 1.29 is 0 Å². The van der Waals surface area contributed by atoms with Gasteiger partial charge in [0.2, 0.25) is 0 Å². The van der Waals surface area contributed by atoms with Crippen LogP contribution in [0.2, 0.25) is 5.02 Å². The van der Waals surface area contributed by atoms with E-state index < -0.39 is 0 Å². The fraction of sp³-hybridized carbons (Fsp3) is 0.444. The molecule has 0 unspecified atom stereocenters. The minimum absolute atomic E-state index is 0.782. The zero-order valence-electron chi connectivity index (χ0n) is 7.05. The molecule has 0 atom stereocenters. The Bertz CT molecular complexity index is 274. The van der Waals surface area contributed by atoms with Crippen LogP contribution in [0.15, 0.2) is 12.1 Å². The summed E-state index contributed by atoms with van der Waals surface area (Å²) in [5.74, 6) is 1.02. The number of nitrogens with zero attached hydrogens (tertiary/aromatic N) is 2. The minimum atomic E-state index is 0.782. The van der Waals surface area contributed by atoms with Crippen LogP contribution < -0.4 is 4.90 Å². The number of pyridine rings is 1. The first-order chi connectivity index (χ1) is 5.75. The molecule has 1 aliphatic heterocycles. The van der Waals surface area contributed by atoms with E-state index >= 15 is 0 Å². The first-order valence-electron chi connectivity index (χ1n) is 4.15. The van der Waals surface area contributed by atoms with Crippen LogP contribution in [0.25, 0.3) is 0 Å². The van der Waals surface area contributed by atoms with Crippen LogP contribution in [0.1, 0.15) is 12.1 Å². The summed E-state index contributed by atoms with van der Waals surface area (Å²) >= 11 is 5.91. The molecule has 2 nitrogen and oxygen atoms in total. The first-order valence-corrected chi connectivity index (χ1v) is 4.52. The smallest absolute Gasteiger partial charge is 0.130 e. The van der Waals surface area contributed by atoms with Crippen LogP contribution in [0.3, 0.4) is 0 Å². The Labute approximate surface area is 77.2 Å². The van der Waals surface area contributed by atoms with E-state index in [1.165, 1.54) is 6.42 Å². The highest BCUT2D eigenvalue weighted by molar-refractivity contribution is 6.30. The maximum Gasteiger partial charge on any atom is 0.130 e. The molecule has 0 spiro atoms. The summed E-state index contributed by atoms with van der Waals surface area (Å²) in [6, 6.07) is 3.80. The number of anilines is 1. The normalized spacial score (nSPS) is 16.0. The number of aryl methyl sites for hydroxylation is 1. The second-order valence-corrected chi connectivity index (χ2v) is 3.56. The van der Waals surface area contributed by atoms with E-state index in [1.807, 2.05) is 19.1 Å². The van der Waals surface area contributed by atoms with Gasteiger partial charge in [-0.25, -0.2) is 4.98 Å². The molecule has 0 N–H and O–H groups in total. The van der Waals surface area contributed by atoms with Gasteiger partial charge in [-0.15, -0.1) is 0 Å². The zero-order valence-corrected chi connectivity index (χ0v) is 7.80. The van der Waals surface area contributed by atoms with Gasteiger partial charge in [0.1, 0.15) is 5.82 Å². The van der Waals surface area contributed by atoms with Crippen molar-refractivity contribution in [1.29, 1.82) is 0 Å². The van der Waals surface area contributed by atoms with Crippen LogP contribution >= 0.6 is 11.6 Å². The zero-order chi connectivity index (χ0) is 8.55. The van der Waals surface area contributed by atoms with E-state index in [4.69, 9.17) is 11.6 Å². The van der Waals surface area contributed by atoms with Gasteiger partial charge in [0.25, 0.3) is 0 Å². The van der Waals surface area contributed by atoms with Crippen molar-refractivity contribution >= 4 is 17.4 Å². The van der Waals surface area contributed by atoms with Gasteiger partial charge in [0, 0.05) is 23.8 Å². The maximum absolute atomic E-state index is 5.91. The predicted octanol–water partition coefficient (Wildman–Crippen LogP) is 2.25. The summed E-state index contributed by atoms with van der Waals surface area (Å²) in [5, 5.41) is 0.782. The monoisotopic (exact) mass is 182 g/mol. The average Bonchev–Trinajstić information content (AvgIpc) is 1.79. The van der Waals surface area contributed by atoms with E-state index in [1.54, 1.807) is 0 Å². The highest BCUT2D eigenvalue weighted by Gasteiger charge is 2.15. The Morgan fingerprint density at radius 2 is 2.17 bits per heavy atom. The molecule has 1 aliphatic rings. The summed E-state index contributed by atoms with van der Waals surface area (Å²) in [4.78, 5) is 6.63. The second-order valence-electron chi connectivity index (χ2n) is 3.13. The Hall–Kier alpha value is -0.760. The van der Waals surface area contributed by atoms with Gasteiger partial charge in [0.15, 0.2) is 0 Å². The molecule has 0 saturated carbocycles. The molecule has 1 saturated heterocycles. The minimum Gasteiger partial charge on any atom is -0.356 e. The molecule has 0 aromatic carbocycles. The topological polar surface area (TPSA) is 16.1 Å². The lowest BCUT2D eigenvalue weighted by Crippen LogP contribution is -2.37. The van der Waals surface area contributed by atoms with Gasteiger partial charge < -0.3 is 4.90 Å². The van der Waals surface area contributed by atoms with Crippen LogP contribution in [-0.2, 0) is 0 Å². The molecule has 0 amide bonds. The van der Waals surface area contributed by atoms with Crippen LogP contribution in [0, 0.1) is 6.92 Å². The third-order valence-corrected chi connectivity index (χ3v) is 2.30. The number of hydrogen-bond donors (Lipinski definition) is 0. The molecule has 1 fully saturated rings. The largest absolute Gasteiger partial charge is 0.356 e.